The Hall–Kier alpha value is -2.07. The maximum Gasteiger partial charge on any atom is 0.137 e. The van der Waals surface area contributed by atoms with E-state index < -0.39 is 5.82 Å². The smallest absolute Gasteiger partial charge is 0.137 e. The highest BCUT2D eigenvalue weighted by Gasteiger charge is 2.12. The van der Waals surface area contributed by atoms with Crippen LogP contribution in [0.15, 0.2) is 42.5 Å². The maximum absolute atomic E-state index is 13.6. The second-order valence-electron chi connectivity index (χ2n) is 3.94. The Morgan fingerprint density at radius 1 is 1.21 bits per heavy atom. The van der Waals surface area contributed by atoms with Gasteiger partial charge in [-0.2, -0.15) is 0 Å². The van der Waals surface area contributed by atoms with Gasteiger partial charge in [-0.15, -0.1) is 0 Å². The lowest BCUT2D eigenvalue weighted by molar-refractivity contribution is 0.304. The molecule has 0 spiro atoms. The Kier molecular flexibility index (Phi) is 4.02. The van der Waals surface area contributed by atoms with Gasteiger partial charge in [0.2, 0.25) is 0 Å². The molecule has 0 fully saturated rings. The molecule has 2 rings (SSSR count). The lowest BCUT2D eigenvalue weighted by atomic mass is 10.1. The largest absolute Gasteiger partial charge is 0.488 e. The molecule has 3 N–H and O–H groups in total. The van der Waals surface area contributed by atoms with Crippen LogP contribution in [0.5, 0.6) is 5.75 Å². The van der Waals surface area contributed by atoms with Gasteiger partial charge in [-0.05, 0) is 29.8 Å². The third kappa shape index (κ3) is 3.23. The standard InChI is InChI=1S/C14H12ClFN2O/c15-10-6-4-9(5-7-10)8-19-12-3-1-2-11(16)13(12)14(17)18/h1-7H,8H2,(H3,17,18). The van der Waals surface area contributed by atoms with E-state index >= 15 is 0 Å². The molecule has 3 nitrogen and oxygen atoms in total. The van der Waals surface area contributed by atoms with Gasteiger partial charge in [0, 0.05) is 5.02 Å². The third-order valence-corrected chi connectivity index (χ3v) is 2.80. The molecule has 0 atom stereocenters. The first kappa shape index (κ1) is 13.4. The summed E-state index contributed by atoms with van der Waals surface area (Å²) in [5, 5.41) is 8.01. The van der Waals surface area contributed by atoms with E-state index in [1.807, 2.05) is 12.1 Å². The minimum atomic E-state index is -0.568. The SMILES string of the molecule is N=C(N)c1c(F)cccc1OCc1ccc(Cl)cc1. The van der Waals surface area contributed by atoms with Crippen LogP contribution in [-0.4, -0.2) is 5.84 Å². The van der Waals surface area contributed by atoms with E-state index in [0.29, 0.717) is 5.02 Å². The van der Waals surface area contributed by atoms with Crippen LogP contribution in [0.4, 0.5) is 4.39 Å². The van der Waals surface area contributed by atoms with Gasteiger partial charge < -0.3 is 10.5 Å². The average Bonchev–Trinajstić information content (AvgIpc) is 2.37. The van der Waals surface area contributed by atoms with Crippen molar-refractivity contribution >= 4 is 17.4 Å². The summed E-state index contributed by atoms with van der Waals surface area (Å²) in [5.41, 5.74) is 6.22. The number of ether oxygens (including phenoxy) is 1. The second-order valence-corrected chi connectivity index (χ2v) is 4.38. The Labute approximate surface area is 115 Å². The van der Waals surface area contributed by atoms with Gasteiger partial charge in [-0.3, -0.25) is 5.41 Å². The van der Waals surface area contributed by atoms with Crippen molar-refractivity contribution in [2.45, 2.75) is 6.61 Å². The molecular weight excluding hydrogens is 267 g/mol. The summed E-state index contributed by atoms with van der Waals surface area (Å²) in [6.07, 6.45) is 0. The molecule has 0 heterocycles. The van der Waals surface area contributed by atoms with Crippen LogP contribution in [-0.2, 0) is 6.61 Å². The number of benzene rings is 2. The summed E-state index contributed by atoms with van der Waals surface area (Å²) in [6, 6.07) is 11.5. The number of nitrogens with one attached hydrogen (secondary N) is 1. The zero-order valence-corrected chi connectivity index (χ0v) is 10.7. The van der Waals surface area contributed by atoms with Crippen LogP contribution in [0.1, 0.15) is 11.1 Å². The van der Waals surface area contributed by atoms with E-state index in [2.05, 4.69) is 0 Å². The first-order valence-electron chi connectivity index (χ1n) is 5.58. The van der Waals surface area contributed by atoms with E-state index in [9.17, 15) is 4.39 Å². The number of nitrogens with two attached hydrogens (primary N) is 1. The fourth-order valence-electron chi connectivity index (χ4n) is 1.63. The number of hydrogen-bond acceptors (Lipinski definition) is 2. The average molecular weight is 279 g/mol. The molecule has 0 bridgehead atoms. The normalized spacial score (nSPS) is 10.2. The minimum absolute atomic E-state index is 0.0172. The number of halogens is 2. The van der Waals surface area contributed by atoms with E-state index in [4.69, 9.17) is 27.5 Å². The van der Waals surface area contributed by atoms with Crippen molar-refractivity contribution in [2.24, 2.45) is 5.73 Å². The molecule has 2 aromatic carbocycles. The van der Waals surface area contributed by atoms with Gasteiger partial charge in [0.15, 0.2) is 0 Å². The van der Waals surface area contributed by atoms with E-state index in [1.54, 1.807) is 18.2 Å². The minimum Gasteiger partial charge on any atom is -0.488 e. The number of amidine groups is 1. The van der Waals surface area contributed by atoms with Gasteiger partial charge in [0.25, 0.3) is 0 Å². The van der Waals surface area contributed by atoms with Crippen LogP contribution in [0.3, 0.4) is 0 Å². The zero-order chi connectivity index (χ0) is 13.8. The molecular formula is C14H12ClFN2O. The van der Waals surface area contributed by atoms with Crippen LogP contribution >= 0.6 is 11.6 Å². The van der Waals surface area contributed by atoms with Gasteiger partial charge in [0.1, 0.15) is 24.0 Å². The van der Waals surface area contributed by atoms with Crippen molar-refractivity contribution in [3.05, 3.63) is 64.4 Å². The second kappa shape index (κ2) is 5.71. The summed E-state index contributed by atoms with van der Waals surface area (Å²) >= 11 is 5.78. The van der Waals surface area contributed by atoms with Crippen molar-refractivity contribution in [1.29, 1.82) is 5.41 Å². The van der Waals surface area contributed by atoms with Crippen molar-refractivity contribution in [2.75, 3.05) is 0 Å². The van der Waals surface area contributed by atoms with Crippen LogP contribution in [0, 0.1) is 11.2 Å². The quantitative estimate of drug-likeness (QED) is 0.666. The Morgan fingerprint density at radius 2 is 1.89 bits per heavy atom. The summed E-state index contributed by atoms with van der Waals surface area (Å²) in [7, 11) is 0. The van der Waals surface area contributed by atoms with Crippen molar-refractivity contribution in [3.8, 4) is 5.75 Å². The van der Waals surface area contributed by atoms with Gasteiger partial charge in [0.05, 0.1) is 5.56 Å². The summed E-state index contributed by atoms with van der Waals surface area (Å²) in [5.74, 6) is -0.673. The van der Waals surface area contributed by atoms with Crippen molar-refractivity contribution in [3.63, 3.8) is 0 Å². The van der Waals surface area contributed by atoms with Crippen LogP contribution in [0.2, 0.25) is 5.02 Å². The number of rotatable bonds is 4. The van der Waals surface area contributed by atoms with E-state index in [1.165, 1.54) is 12.1 Å². The maximum atomic E-state index is 13.6. The number of nitrogen functional groups attached to an aromatic ring is 1. The van der Waals surface area contributed by atoms with Gasteiger partial charge in [-0.25, -0.2) is 4.39 Å². The third-order valence-electron chi connectivity index (χ3n) is 2.55. The molecule has 0 aliphatic heterocycles. The van der Waals surface area contributed by atoms with Gasteiger partial charge >= 0.3 is 0 Å². The highest BCUT2D eigenvalue weighted by atomic mass is 35.5. The Balaban J connectivity index is 2.18. The molecule has 0 saturated heterocycles. The summed E-state index contributed by atoms with van der Waals surface area (Å²) in [6.45, 7) is 0.251. The number of hydrogen-bond donors (Lipinski definition) is 2. The lowest BCUT2D eigenvalue weighted by Gasteiger charge is -2.11. The van der Waals surface area contributed by atoms with E-state index in [0.717, 1.165) is 5.56 Å². The van der Waals surface area contributed by atoms with Crippen molar-refractivity contribution in [1.82, 2.24) is 0 Å². The molecule has 0 aromatic heterocycles. The molecule has 5 heteroatoms. The lowest BCUT2D eigenvalue weighted by Crippen LogP contribution is -2.15. The summed E-state index contributed by atoms with van der Waals surface area (Å²) in [4.78, 5) is 0. The molecule has 0 aliphatic rings. The molecule has 0 unspecified atom stereocenters. The van der Waals surface area contributed by atoms with Crippen molar-refractivity contribution < 1.29 is 9.13 Å². The highest BCUT2D eigenvalue weighted by molar-refractivity contribution is 6.30. The molecule has 0 saturated carbocycles. The monoisotopic (exact) mass is 278 g/mol. The van der Waals surface area contributed by atoms with Crippen LogP contribution in [0.25, 0.3) is 0 Å². The molecule has 98 valence electrons. The first-order chi connectivity index (χ1) is 9.08. The predicted molar refractivity (Wildman–Crippen MR) is 73.2 cm³/mol. The molecule has 19 heavy (non-hydrogen) atoms. The predicted octanol–water partition coefficient (Wildman–Crippen LogP) is 3.34. The van der Waals surface area contributed by atoms with Gasteiger partial charge in [-0.1, -0.05) is 29.8 Å². The van der Waals surface area contributed by atoms with E-state index in [-0.39, 0.29) is 23.8 Å². The highest BCUT2D eigenvalue weighted by Crippen LogP contribution is 2.22. The Morgan fingerprint density at radius 3 is 2.53 bits per heavy atom. The molecule has 0 aliphatic carbocycles. The molecule has 2 aromatic rings. The fourth-order valence-corrected chi connectivity index (χ4v) is 1.75. The topological polar surface area (TPSA) is 59.1 Å². The molecule has 0 amide bonds. The fraction of sp³-hybridized carbons (Fsp3) is 0.0714. The molecule has 0 radical (unpaired) electrons. The summed E-state index contributed by atoms with van der Waals surface area (Å²) < 4.78 is 19.1. The van der Waals surface area contributed by atoms with Crippen LogP contribution < -0.4 is 10.5 Å². The Bertz CT molecular complexity index is 599. The first-order valence-corrected chi connectivity index (χ1v) is 5.96. The zero-order valence-electron chi connectivity index (χ0n) is 9.99.